The molecule has 90 valence electrons. The summed E-state index contributed by atoms with van der Waals surface area (Å²) in [6.07, 6.45) is 1.43. The quantitative estimate of drug-likeness (QED) is 0.519. The van der Waals surface area contributed by atoms with Gasteiger partial charge in [-0.1, -0.05) is 18.2 Å². The van der Waals surface area contributed by atoms with Crippen molar-refractivity contribution >= 4 is 32.7 Å². The number of H-pyrrole nitrogens is 1. The third kappa shape index (κ3) is 1.37. The van der Waals surface area contributed by atoms with E-state index in [1.54, 1.807) is 0 Å². The number of aromatic nitrogens is 3. The summed E-state index contributed by atoms with van der Waals surface area (Å²) in [5, 5.41) is 10.6. The van der Waals surface area contributed by atoms with Crippen LogP contribution in [0.2, 0.25) is 0 Å². The van der Waals surface area contributed by atoms with Gasteiger partial charge in [-0.15, -0.1) is 0 Å². The van der Waals surface area contributed by atoms with Crippen molar-refractivity contribution in [3.8, 4) is 0 Å². The van der Waals surface area contributed by atoms with Gasteiger partial charge in [0.05, 0.1) is 22.6 Å². The van der Waals surface area contributed by atoms with Crippen molar-refractivity contribution in [2.75, 3.05) is 0 Å². The van der Waals surface area contributed by atoms with Crippen LogP contribution in [0.25, 0.3) is 32.7 Å². The number of aromatic amines is 1. The normalized spacial score (nSPS) is 11.4. The molecule has 4 nitrogen and oxygen atoms in total. The molecular formula is C15H9N3O. The van der Waals surface area contributed by atoms with Crippen LogP contribution in [0.5, 0.6) is 0 Å². The van der Waals surface area contributed by atoms with Gasteiger partial charge in [0.2, 0.25) is 0 Å². The van der Waals surface area contributed by atoms with E-state index in [9.17, 15) is 4.79 Å². The van der Waals surface area contributed by atoms with Crippen molar-refractivity contribution in [3.05, 3.63) is 58.9 Å². The molecule has 0 fully saturated rings. The second-order valence-electron chi connectivity index (χ2n) is 4.45. The fourth-order valence-corrected chi connectivity index (χ4v) is 2.52. The largest absolute Gasteiger partial charge is 0.354 e. The predicted octanol–water partition coefficient (Wildman–Crippen LogP) is 2.62. The molecule has 0 unspecified atom stereocenters. The molecule has 4 rings (SSSR count). The first-order chi connectivity index (χ1) is 9.34. The molecule has 4 aromatic rings. The minimum absolute atomic E-state index is 0.0721. The first-order valence-corrected chi connectivity index (χ1v) is 6.00. The maximum absolute atomic E-state index is 12.2. The Bertz CT molecular complexity index is 989. The lowest BCUT2D eigenvalue weighted by Gasteiger charge is -1.93. The SMILES string of the molecule is O=c1ccnnc2ccc3c4ccccc4[nH]c3c12. The molecule has 1 N–H and O–H groups in total. The van der Waals surface area contributed by atoms with Crippen molar-refractivity contribution in [3.63, 3.8) is 0 Å². The van der Waals surface area contributed by atoms with Crippen LogP contribution < -0.4 is 5.43 Å². The minimum atomic E-state index is -0.0721. The van der Waals surface area contributed by atoms with E-state index in [1.165, 1.54) is 12.3 Å². The second kappa shape index (κ2) is 3.62. The number of fused-ring (bicyclic) bond motifs is 5. The lowest BCUT2D eigenvalue weighted by Crippen LogP contribution is -1.95. The summed E-state index contributed by atoms with van der Waals surface area (Å²) in [7, 11) is 0. The van der Waals surface area contributed by atoms with Crippen LogP contribution in [0.1, 0.15) is 0 Å². The van der Waals surface area contributed by atoms with E-state index in [0.717, 1.165) is 21.8 Å². The summed E-state index contributed by atoms with van der Waals surface area (Å²) in [6.45, 7) is 0. The van der Waals surface area contributed by atoms with Gasteiger partial charge in [0.15, 0.2) is 5.43 Å². The molecule has 0 aliphatic heterocycles. The second-order valence-corrected chi connectivity index (χ2v) is 4.45. The van der Waals surface area contributed by atoms with Gasteiger partial charge in [-0.05, 0) is 18.2 Å². The third-order valence-corrected chi connectivity index (χ3v) is 3.36. The smallest absolute Gasteiger partial charge is 0.191 e. The lowest BCUT2D eigenvalue weighted by molar-refractivity contribution is 1.09. The van der Waals surface area contributed by atoms with Crippen LogP contribution in [0, 0.1) is 0 Å². The number of nitrogens with zero attached hydrogens (tertiary/aromatic N) is 2. The first kappa shape index (κ1) is 10.2. The Balaban J connectivity index is 2.39. The van der Waals surface area contributed by atoms with E-state index >= 15 is 0 Å². The Morgan fingerprint density at radius 2 is 1.84 bits per heavy atom. The Morgan fingerprint density at radius 3 is 2.79 bits per heavy atom. The Morgan fingerprint density at radius 1 is 0.947 bits per heavy atom. The number of nitrogens with one attached hydrogen (secondary N) is 1. The van der Waals surface area contributed by atoms with Gasteiger partial charge < -0.3 is 4.98 Å². The van der Waals surface area contributed by atoms with Crippen molar-refractivity contribution in [2.45, 2.75) is 0 Å². The average molecular weight is 247 g/mol. The highest BCUT2D eigenvalue weighted by molar-refractivity contribution is 6.16. The van der Waals surface area contributed by atoms with Crippen molar-refractivity contribution in [2.24, 2.45) is 0 Å². The predicted molar refractivity (Wildman–Crippen MR) is 75.2 cm³/mol. The van der Waals surface area contributed by atoms with Gasteiger partial charge >= 0.3 is 0 Å². The van der Waals surface area contributed by atoms with E-state index in [2.05, 4.69) is 15.2 Å². The number of benzene rings is 2. The topological polar surface area (TPSA) is 58.6 Å². The summed E-state index contributed by atoms with van der Waals surface area (Å²) < 4.78 is 0. The summed E-state index contributed by atoms with van der Waals surface area (Å²) in [4.78, 5) is 15.5. The molecule has 4 heteroatoms. The van der Waals surface area contributed by atoms with Gasteiger partial charge in [0, 0.05) is 22.4 Å². The molecule has 2 aromatic heterocycles. The van der Waals surface area contributed by atoms with Crippen LogP contribution in [0.3, 0.4) is 0 Å². The maximum Gasteiger partial charge on any atom is 0.191 e. The number of para-hydroxylation sites is 1. The Kier molecular flexibility index (Phi) is 1.94. The fraction of sp³-hybridized carbons (Fsp3) is 0. The Hall–Kier alpha value is -2.75. The van der Waals surface area contributed by atoms with E-state index in [0.29, 0.717) is 10.9 Å². The highest BCUT2D eigenvalue weighted by Gasteiger charge is 2.09. The summed E-state index contributed by atoms with van der Waals surface area (Å²) in [5.41, 5.74) is 2.38. The number of hydrogen-bond donors (Lipinski definition) is 1. The molecular weight excluding hydrogens is 238 g/mol. The monoisotopic (exact) mass is 247 g/mol. The lowest BCUT2D eigenvalue weighted by atomic mass is 10.1. The van der Waals surface area contributed by atoms with Crippen LogP contribution in [-0.4, -0.2) is 15.2 Å². The molecule has 0 atom stereocenters. The molecule has 0 spiro atoms. The van der Waals surface area contributed by atoms with Gasteiger partial charge in [-0.25, -0.2) is 0 Å². The summed E-state index contributed by atoms with van der Waals surface area (Å²) in [5.74, 6) is 0. The van der Waals surface area contributed by atoms with Crippen LogP contribution in [0.4, 0.5) is 0 Å². The molecule has 0 aliphatic rings. The van der Waals surface area contributed by atoms with Crippen molar-refractivity contribution < 1.29 is 0 Å². The highest BCUT2D eigenvalue weighted by atomic mass is 16.1. The summed E-state index contributed by atoms with van der Waals surface area (Å²) >= 11 is 0. The standard InChI is InChI=1S/C15H9N3O/c19-13-7-8-16-18-12-6-5-10-9-3-1-2-4-11(9)17-15(10)14(12)13/h1-8,17H. The number of hydrogen-bond acceptors (Lipinski definition) is 3. The molecule has 2 heterocycles. The van der Waals surface area contributed by atoms with E-state index in [1.807, 2.05) is 36.4 Å². The van der Waals surface area contributed by atoms with E-state index in [4.69, 9.17) is 0 Å². The highest BCUT2D eigenvalue weighted by Crippen LogP contribution is 2.28. The van der Waals surface area contributed by atoms with Crippen LogP contribution >= 0.6 is 0 Å². The molecule has 0 aliphatic carbocycles. The maximum atomic E-state index is 12.2. The third-order valence-electron chi connectivity index (χ3n) is 3.36. The Labute approximate surface area is 107 Å². The van der Waals surface area contributed by atoms with Crippen molar-refractivity contribution in [1.29, 1.82) is 0 Å². The number of rotatable bonds is 0. The average Bonchev–Trinajstić information content (AvgIpc) is 2.70. The van der Waals surface area contributed by atoms with Crippen LogP contribution in [0.15, 0.2) is 53.5 Å². The molecule has 0 saturated carbocycles. The van der Waals surface area contributed by atoms with Gasteiger partial charge in [-0.2, -0.15) is 10.2 Å². The summed E-state index contributed by atoms with van der Waals surface area (Å²) in [6, 6.07) is 13.3. The molecule has 0 bridgehead atoms. The zero-order valence-corrected chi connectivity index (χ0v) is 9.92. The zero-order chi connectivity index (χ0) is 12.8. The molecule has 0 radical (unpaired) electrons. The van der Waals surface area contributed by atoms with E-state index in [-0.39, 0.29) is 5.43 Å². The molecule has 2 aromatic carbocycles. The molecule has 0 saturated heterocycles. The van der Waals surface area contributed by atoms with Crippen LogP contribution in [-0.2, 0) is 0 Å². The fourth-order valence-electron chi connectivity index (χ4n) is 2.52. The molecule has 0 amide bonds. The zero-order valence-electron chi connectivity index (χ0n) is 9.92. The minimum Gasteiger partial charge on any atom is -0.354 e. The molecule has 19 heavy (non-hydrogen) atoms. The first-order valence-electron chi connectivity index (χ1n) is 6.00. The van der Waals surface area contributed by atoms with Gasteiger partial charge in [-0.3, -0.25) is 4.79 Å². The van der Waals surface area contributed by atoms with E-state index < -0.39 is 0 Å². The van der Waals surface area contributed by atoms with Gasteiger partial charge in [0.1, 0.15) is 0 Å². The van der Waals surface area contributed by atoms with Crippen molar-refractivity contribution in [1.82, 2.24) is 15.2 Å². The van der Waals surface area contributed by atoms with Gasteiger partial charge in [0.25, 0.3) is 0 Å².